The molecule has 14 heavy (non-hydrogen) atoms. The highest BCUT2D eigenvalue weighted by Gasteiger charge is 2.27. The molecule has 4 N–H and O–H groups in total. The molecule has 0 aliphatic carbocycles. The summed E-state index contributed by atoms with van der Waals surface area (Å²) in [7, 11) is 0. The zero-order valence-electron chi connectivity index (χ0n) is 7.43. The number of rotatable bonds is 3. The van der Waals surface area contributed by atoms with E-state index in [2.05, 4.69) is 10.1 Å². The molecule has 80 valence electrons. The van der Waals surface area contributed by atoms with Crippen LogP contribution in [0.5, 0.6) is 0 Å². The van der Waals surface area contributed by atoms with Gasteiger partial charge in [-0.25, -0.2) is 9.59 Å². The Balaban J connectivity index is 2.35. The van der Waals surface area contributed by atoms with E-state index < -0.39 is 30.6 Å². The van der Waals surface area contributed by atoms with Gasteiger partial charge in [-0.05, 0) is 0 Å². The minimum absolute atomic E-state index is 0.167. The first-order valence-corrected chi connectivity index (χ1v) is 4.08. The van der Waals surface area contributed by atoms with Crippen molar-refractivity contribution in [2.75, 3.05) is 19.9 Å². The molecule has 1 heterocycles. The van der Waals surface area contributed by atoms with Gasteiger partial charge in [-0.1, -0.05) is 0 Å². The lowest BCUT2D eigenvalue weighted by Gasteiger charge is -2.09. The van der Waals surface area contributed by atoms with Gasteiger partial charge in [0.1, 0.15) is 12.1 Å². The largest absolute Gasteiger partial charge is 0.394 e. The van der Waals surface area contributed by atoms with Crippen molar-refractivity contribution in [3.05, 3.63) is 0 Å². The number of aliphatic hydroxyl groups is 1. The van der Waals surface area contributed by atoms with E-state index in [1.165, 1.54) is 0 Å². The summed E-state index contributed by atoms with van der Waals surface area (Å²) in [5.41, 5.74) is 5.14. The molecule has 1 aliphatic rings. The molecule has 0 spiro atoms. The van der Waals surface area contributed by atoms with E-state index in [1.54, 1.807) is 0 Å². The molecular formula is C7H12N2O5. The molecule has 0 aromatic carbocycles. The van der Waals surface area contributed by atoms with Gasteiger partial charge < -0.3 is 20.3 Å². The first kappa shape index (κ1) is 11.1. The second kappa shape index (κ2) is 5.01. The molecule has 0 saturated carbocycles. The highest BCUT2D eigenvalue weighted by molar-refractivity contribution is 5.90. The van der Waals surface area contributed by atoms with Crippen LogP contribution in [0.15, 0.2) is 0 Å². The molecule has 0 bridgehead atoms. The summed E-state index contributed by atoms with van der Waals surface area (Å²) < 4.78 is 9.22. The fourth-order valence-electron chi connectivity index (χ4n) is 0.867. The zero-order valence-corrected chi connectivity index (χ0v) is 7.43. The van der Waals surface area contributed by atoms with Crippen molar-refractivity contribution < 1.29 is 24.2 Å². The first-order valence-electron chi connectivity index (χ1n) is 4.08. The van der Waals surface area contributed by atoms with E-state index in [9.17, 15) is 9.59 Å². The molecule has 1 saturated heterocycles. The van der Waals surface area contributed by atoms with E-state index in [4.69, 9.17) is 15.6 Å². The summed E-state index contributed by atoms with van der Waals surface area (Å²) in [5, 5.41) is 11.2. The molecular weight excluding hydrogens is 192 g/mol. The number of carbonyl (C=O) groups is 2. The van der Waals surface area contributed by atoms with Crippen LogP contribution in [0.3, 0.4) is 0 Å². The fourth-order valence-corrected chi connectivity index (χ4v) is 0.867. The standard InChI is InChI=1S/C7H12N2O5/c8-4(1-10)6(11)14-7(12)5-2-13-3-9-5/h4-5,9-10H,1-3,8H2/t4-,5?/m0/s1. The molecule has 1 aliphatic heterocycles. The number of aliphatic hydroxyl groups excluding tert-OH is 1. The molecule has 1 fully saturated rings. The highest BCUT2D eigenvalue weighted by Crippen LogP contribution is 1.98. The van der Waals surface area contributed by atoms with E-state index >= 15 is 0 Å². The van der Waals surface area contributed by atoms with Crippen molar-refractivity contribution in [2.45, 2.75) is 12.1 Å². The van der Waals surface area contributed by atoms with Crippen molar-refractivity contribution in [3.63, 3.8) is 0 Å². The third-order valence-electron chi connectivity index (χ3n) is 1.70. The van der Waals surface area contributed by atoms with Crippen LogP contribution in [0.25, 0.3) is 0 Å². The Morgan fingerprint density at radius 3 is 2.93 bits per heavy atom. The molecule has 0 aromatic heterocycles. The molecule has 1 rings (SSSR count). The van der Waals surface area contributed by atoms with Crippen molar-refractivity contribution in [2.24, 2.45) is 5.73 Å². The Morgan fingerprint density at radius 2 is 2.43 bits per heavy atom. The average Bonchev–Trinajstić information content (AvgIpc) is 2.69. The third-order valence-corrected chi connectivity index (χ3v) is 1.70. The number of nitrogens with one attached hydrogen (secondary N) is 1. The maximum absolute atomic E-state index is 11.2. The van der Waals surface area contributed by atoms with Crippen LogP contribution in [0.2, 0.25) is 0 Å². The van der Waals surface area contributed by atoms with E-state index in [-0.39, 0.29) is 13.3 Å². The number of carbonyl (C=O) groups excluding carboxylic acids is 2. The molecule has 1 unspecified atom stereocenters. The van der Waals surface area contributed by atoms with Gasteiger partial charge in [0.15, 0.2) is 0 Å². The molecule has 0 radical (unpaired) electrons. The second-order valence-corrected chi connectivity index (χ2v) is 2.80. The average molecular weight is 204 g/mol. The van der Waals surface area contributed by atoms with Crippen molar-refractivity contribution in [3.8, 4) is 0 Å². The number of nitrogens with two attached hydrogens (primary N) is 1. The SMILES string of the molecule is N[C@@H](CO)C(=O)OC(=O)C1COCN1. The fraction of sp³-hybridized carbons (Fsp3) is 0.714. The van der Waals surface area contributed by atoms with Crippen LogP contribution in [-0.2, 0) is 19.1 Å². The number of esters is 2. The molecule has 7 nitrogen and oxygen atoms in total. The van der Waals surface area contributed by atoms with Crippen LogP contribution >= 0.6 is 0 Å². The Labute approximate surface area is 80.2 Å². The lowest BCUT2D eigenvalue weighted by Crippen LogP contribution is -2.42. The monoisotopic (exact) mass is 204 g/mol. The second-order valence-electron chi connectivity index (χ2n) is 2.80. The Morgan fingerprint density at radius 1 is 1.71 bits per heavy atom. The van der Waals surface area contributed by atoms with Gasteiger partial charge in [-0.3, -0.25) is 5.32 Å². The highest BCUT2D eigenvalue weighted by atomic mass is 16.6. The molecule has 7 heteroatoms. The van der Waals surface area contributed by atoms with Crippen molar-refractivity contribution in [1.29, 1.82) is 0 Å². The maximum Gasteiger partial charge on any atom is 0.333 e. The number of hydrogen-bond donors (Lipinski definition) is 3. The third kappa shape index (κ3) is 2.74. The number of ether oxygens (including phenoxy) is 2. The predicted octanol–water partition coefficient (Wildman–Crippen LogP) is -2.68. The Kier molecular flexibility index (Phi) is 3.96. The van der Waals surface area contributed by atoms with E-state index in [0.29, 0.717) is 0 Å². The molecule has 2 atom stereocenters. The van der Waals surface area contributed by atoms with Crippen LogP contribution < -0.4 is 11.1 Å². The summed E-state index contributed by atoms with van der Waals surface area (Å²) in [5.74, 6) is -1.68. The summed E-state index contributed by atoms with van der Waals surface area (Å²) in [4.78, 5) is 22.1. The smallest absolute Gasteiger partial charge is 0.333 e. The van der Waals surface area contributed by atoms with Gasteiger partial charge in [-0.2, -0.15) is 0 Å². The van der Waals surface area contributed by atoms with Crippen LogP contribution in [0.4, 0.5) is 0 Å². The lowest BCUT2D eigenvalue weighted by atomic mass is 10.3. The van der Waals surface area contributed by atoms with Crippen LogP contribution in [0, 0.1) is 0 Å². The van der Waals surface area contributed by atoms with Crippen molar-refractivity contribution >= 4 is 11.9 Å². The van der Waals surface area contributed by atoms with Gasteiger partial charge in [0.25, 0.3) is 0 Å². The summed E-state index contributed by atoms with van der Waals surface area (Å²) >= 11 is 0. The van der Waals surface area contributed by atoms with Gasteiger partial charge in [0.05, 0.1) is 19.9 Å². The normalized spacial score (nSPS) is 23.1. The Bertz CT molecular complexity index is 226. The minimum Gasteiger partial charge on any atom is -0.394 e. The van der Waals surface area contributed by atoms with Gasteiger partial charge in [-0.15, -0.1) is 0 Å². The summed E-state index contributed by atoms with van der Waals surface area (Å²) in [6.45, 7) is -0.138. The van der Waals surface area contributed by atoms with Crippen LogP contribution in [-0.4, -0.2) is 49.1 Å². The van der Waals surface area contributed by atoms with Crippen molar-refractivity contribution in [1.82, 2.24) is 5.32 Å². The quantitative estimate of drug-likeness (QED) is 0.339. The topological polar surface area (TPSA) is 111 Å². The zero-order chi connectivity index (χ0) is 10.6. The lowest BCUT2D eigenvalue weighted by molar-refractivity contribution is -0.162. The summed E-state index contributed by atoms with van der Waals surface area (Å²) in [6.07, 6.45) is 0. The van der Waals surface area contributed by atoms with Gasteiger partial charge in [0, 0.05) is 0 Å². The maximum atomic E-state index is 11.2. The van der Waals surface area contributed by atoms with Crippen LogP contribution in [0.1, 0.15) is 0 Å². The minimum atomic E-state index is -1.18. The first-order chi connectivity index (χ1) is 6.65. The Hall–Kier alpha value is -1.02. The van der Waals surface area contributed by atoms with E-state index in [0.717, 1.165) is 0 Å². The number of hydrogen-bond acceptors (Lipinski definition) is 7. The predicted molar refractivity (Wildman–Crippen MR) is 43.9 cm³/mol. The molecule has 0 amide bonds. The van der Waals surface area contributed by atoms with Gasteiger partial charge >= 0.3 is 11.9 Å². The van der Waals surface area contributed by atoms with E-state index in [1.807, 2.05) is 0 Å². The molecule has 0 aromatic rings. The van der Waals surface area contributed by atoms with Gasteiger partial charge in [0.2, 0.25) is 0 Å². The summed E-state index contributed by atoms with van der Waals surface area (Å²) in [6, 6.07) is -1.81.